The summed E-state index contributed by atoms with van der Waals surface area (Å²) in [4.78, 5) is 10.4. The van der Waals surface area contributed by atoms with Crippen molar-refractivity contribution in [2.24, 2.45) is 0 Å². The van der Waals surface area contributed by atoms with Gasteiger partial charge < -0.3 is 0 Å². The van der Waals surface area contributed by atoms with Crippen LogP contribution in [0.15, 0.2) is 222 Å². The maximum absolute atomic E-state index is 3.44. The van der Waals surface area contributed by atoms with Crippen molar-refractivity contribution >= 4 is 113 Å². The minimum absolute atomic E-state index is 0.0293. The fourth-order valence-electron chi connectivity index (χ4n) is 11.6. The molecule has 0 N–H and O–H groups in total. The van der Waals surface area contributed by atoms with Crippen molar-refractivity contribution in [3.63, 3.8) is 0 Å². The molecular weight excluding hydrogens is 854 g/mol. The second-order valence-electron chi connectivity index (χ2n) is 18.2. The van der Waals surface area contributed by atoms with Crippen molar-refractivity contribution in [3.8, 4) is 0 Å². The number of para-hydroxylation sites is 4. The van der Waals surface area contributed by atoms with Gasteiger partial charge in [-0.3, -0.25) is 0 Å². The van der Waals surface area contributed by atoms with Crippen LogP contribution < -0.4 is 44.3 Å². The number of anilines is 9. The van der Waals surface area contributed by atoms with Crippen molar-refractivity contribution < 1.29 is 0 Å². The summed E-state index contributed by atoms with van der Waals surface area (Å²) in [6, 6.07) is 80.0. The van der Waals surface area contributed by atoms with Crippen molar-refractivity contribution in [1.82, 2.24) is 0 Å². The molecule has 9 aromatic rings. The summed E-state index contributed by atoms with van der Waals surface area (Å²) in [7, 11) is 0. The van der Waals surface area contributed by atoms with Crippen LogP contribution in [0.3, 0.4) is 0 Å². The molecule has 0 spiro atoms. The normalized spacial score (nSPS) is 16.7. The van der Waals surface area contributed by atoms with Gasteiger partial charge in [0.2, 0.25) is 0 Å². The molecule has 0 fully saturated rings. The molecule has 4 heterocycles. The molecule has 0 radical (unpaired) electrons. The molecule has 6 heteroatoms. The van der Waals surface area contributed by atoms with Crippen molar-refractivity contribution in [3.05, 3.63) is 223 Å². The van der Waals surface area contributed by atoms with E-state index < -0.39 is 13.3 Å². The molecular formula is C58H44BGeN3S. The number of hydrogen-bond donors (Lipinski definition) is 0. The molecule has 0 aliphatic carbocycles. The Bertz CT molecular complexity index is 3290. The van der Waals surface area contributed by atoms with E-state index in [0.717, 1.165) is 11.4 Å². The Hall–Kier alpha value is -6.66. The molecule has 0 aromatic heterocycles. The molecule has 3 nitrogen and oxygen atoms in total. The van der Waals surface area contributed by atoms with Gasteiger partial charge in [0.15, 0.2) is 0 Å². The summed E-state index contributed by atoms with van der Waals surface area (Å²) in [5, 5.41) is 0. The van der Waals surface area contributed by atoms with Crippen molar-refractivity contribution in [1.29, 1.82) is 0 Å². The molecule has 9 aromatic carbocycles. The summed E-state index contributed by atoms with van der Waals surface area (Å²) in [5.74, 6) is 2.64. The Balaban J connectivity index is 1.18. The Morgan fingerprint density at radius 2 is 1.08 bits per heavy atom. The molecule has 13 rings (SSSR count). The van der Waals surface area contributed by atoms with Crippen LogP contribution in [0.4, 0.5) is 51.2 Å². The van der Waals surface area contributed by atoms with Crippen LogP contribution in [0.2, 0.25) is 5.76 Å². The molecule has 0 saturated carbocycles. The average Bonchev–Trinajstić information content (AvgIpc) is 3.34. The standard InChI is InChI=1S/C58H44BGeN3S/c1-58(2)44-29-16-19-34-53(44)64-57-45(58)35-36-46-56(57)62(42-27-14-7-15-28-42)51-32-20-33-52-54(51)59(46)47-37-43(61(40-23-10-5-11-24-40)41-25-12-6-13-26-41)38-49-55(47)63(52)50-31-18-17-30-48(50)60(49,3)39-21-8-4-9-22-39/h4-38H,1-3H3. The van der Waals surface area contributed by atoms with E-state index in [1.54, 1.807) is 0 Å². The molecule has 64 heavy (non-hydrogen) atoms. The quantitative estimate of drug-likeness (QED) is 0.159. The van der Waals surface area contributed by atoms with Gasteiger partial charge in [-0.05, 0) is 0 Å². The van der Waals surface area contributed by atoms with E-state index in [1.807, 2.05) is 11.8 Å². The first-order valence-corrected chi connectivity index (χ1v) is 28.5. The number of nitrogens with zero attached hydrogens (tertiary/aromatic N) is 3. The Labute approximate surface area is 383 Å². The van der Waals surface area contributed by atoms with E-state index in [4.69, 9.17) is 0 Å². The van der Waals surface area contributed by atoms with Crippen LogP contribution in [0.1, 0.15) is 25.0 Å². The second kappa shape index (κ2) is 14.2. The predicted octanol–water partition coefficient (Wildman–Crippen LogP) is 11.4. The fourth-order valence-corrected chi connectivity index (χ4v) is 21.6. The third-order valence-corrected chi connectivity index (χ3v) is 25.0. The Kier molecular flexibility index (Phi) is 8.38. The first kappa shape index (κ1) is 37.9. The summed E-state index contributed by atoms with van der Waals surface area (Å²) >= 11 is -1.49. The summed E-state index contributed by atoms with van der Waals surface area (Å²) < 4.78 is 4.43. The second-order valence-corrected chi connectivity index (χ2v) is 27.4. The Morgan fingerprint density at radius 3 is 1.80 bits per heavy atom. The first-order chi connectivity index (χ1) is 31.4. The average molecular weight is 898 g/mol. The van der Waals surface area contributed by atoms with Crippen LogP contribution in [0, 0.1) is 0 Å². The van der Waals surface area contributed by atoms with Gasteiger partial charge >= 0.3 is 385 Å². The zero-order valence-corrected chi connectivity index (χ0v) is 38.9. The minimum atomic E-state index is -3.44. The maximum atomic E-state index is 2.66. The van der Waals surface area contributed by atoms with Gasteiger partial charge in [-0.2, -0.15) is 0 Å². The summed E-state index contributed by atoms with van der Waals surface area (Å²) in [6.45, 7) is 4.79. The van der Waals surface area contributed by atoms with E-state index in [0.29, 0.717) is 0 Å². The molecule has 1 atom stereocenters. The van der Waals surface area contributed by atoms with Crippen LogP contribution in [-0.4, -0.2) is 20.0 Å². The van der Waals surface area contributed by atoms with Gasteiger partial charge in [-0.15, -0.1) is 0 Å². The molecule has 1 unspecified atom stereocenters. The topological polar surface area (TPSA) is 9.72 Å². The monoisotopic (exact) mass is 899 g/mol. The van der Waals surface area contributed by atoms with Crippen LogP contribution >= 0.6 is 11.8 Å². The third kappa shape index (κ3) is 5.25. The first-order valence-electron chi connectivity index (χ1n) is 22.4. The zero-order chi connectivity index (χ0) is 42.7. The fraction of sp³-hybridized carbons (Fsp3) is 0.0690. The van der Waals surface area contributed by atoms with Crippen LogP contribution in [-0.2, 0) is 5.41 Å². The predicted molar refractivity (Wildman–Crippen MR) is 275 cm³/mol. The van der Waals surface area contributed by atoms with Crippen molar-refractivity contribution in [2.45, 2.75) is 34.8 Å². The van der Waals surface area contributed by atoms with E-state index in [1.165, 1.54) is 90.3 Å². The molecule has 4 aliphatic heterocycles. The zero-order valence-electron chi connectivity index (χ0n) is 36.0. The summed E-state index contributed by atoms with van der Waals surface area (Å²) in [6.07, 6.45) is 0. The molecule has 304 valence electrons. The molecule has 0 saturated heterocycles. The van der Waals surface area contributed by atoms with E-state index in [9.17, 15) is 0 Å². The van der Waals surface area contributed by atoms with Crippen LogP contribution in [0.5, 0.6) is 0 Å². The number of fused-ring (bicyclic) bond motifs is 9. The van der Waals surface area contributed by atoms with Gasteiger partial charge in [0.1, 0.15) is 0 Å². The van der Waals surface area contributed by atoms with Crippen molar-refractivity contribution in [2.75, 3.05) is 14.7 Å². The summed E-state index contributed by atoms with van der Waals surface area (Å²) in [5.41, 5.74) is 17.8. The van der Waals surface area contributed by atoms with Gasteiger partial charge in [0.05, 0.1) is 0 Å². The molecule has 0 amide bonds. The van der Waals surface area contributed by atoms with E-state index in [-0.39, 0.29) is 12.1 Å². The third-order valence-electron chi connectivity index (χ3n) is 14.5. The van der Waals surface area contributed by atoms with Gasteiger partial charge in [0.25, 0.3) is 0 Å². The van der Waals surface area contributed by atoms with Gasteiger partial charge in [0, 0.05) is 0 Å². The number of hydrogen-bond acceptors (Lipinski definition) is 4. The SMILES string of the molecule is CC1(C)c2ccccc2Sc2c1ccc1c2N(c2ccccc2)c2cccc3c2B1c1cc(N(c2ccccc2)c2ccccc2)c[c]2c1N3c1cccc[c]1[Ge]2([CH3])[c]1ccccc1. The van der Waals surface area contributed by atoms with E-state index >= 15 is 0 Å². The van der Waals surface area contributed by atoms with Gasteiger partial charge in [-0.25, -0.2) is 0 Å². The molecule has 4 aliphatic rings. The molecule has 0 bridgehead atoms. The van der Waals surface area contributed by atoms with Crippen LogP contribution in [0.25, 0.3) is 0 Å². The Morgan fingerprint density at radius 1 is 0.484 bits per heavy atom. The van der Waals surface area contributed by atoms with Gasteiger partial charge in [-0.1, -0.05) is 0 Å². The number of rotatable bonds is 5. The van der Waals surface area contributed by atoms with E-state index in [2.05, 4.69) is 247 Å². The number of benzene rings is 9.